The number of sulfone groups is 1. The van der Waals surface area contributed by atoms with Crippen LogP contribution in [0.15, 0.2) is 47.4 Å². The van der Waals surface area contributed by atoms with E-state index in [1.807, 2.05) is 18.2 Å². The van der Waals surface area contributed by atoms with Crippen LogP contribution in [0.2, 0.25) is 0 Å². The molecule has 0 aromatic heterocycles. The van der Waals surface area contributed by atoms with Gasteiger partial charge in [-0.3, -0.25) is 4.18 Å². The first-order valence-corrected chi connectivity index (χ1v) is 13.4. The molecule has 1 aliphatic carbocycles. The van der Waals surface area contributed by atoms with Crippen LogP contribution >= 0.6 is 22.6 Å². The molecule has 1 aliphatic rings. The third kappa shape index (κ3) is 5.54. The van der Waals surface area contributed by atoms with Crippen LogP contribution < -0.4 is 5.32 Å². The quantitative estimate of drug-likeness (QED) is 0.246. The highest BCUT2D eigenvalue weighted by molar-refractivity contribution is 14.1. The highest BCUT2D eigenvalue weighted by atomic mass is 127. The maximum atomic E-state index is 13.5. The molecule has 0 saturated heterocycles. The molecule has 10 heteroatoms. The van der Waals surface area contributed by atoms with Crippen molar-refractivity contribution in [3.05, 3.63) is 63.0 Å². The first-order chi connectivity index (χ1) is 13.6. The lowest BCUT2D eigenvalue weighted by Gasteiger charge is -2.34. The lowest BCUT2D eigenvalue weighted by molar-refractivity contribution is 0.303. The molecule has 0 radical (unpaired) electrons. The van der Waals surface area contributed by atoms with Gasteiger partial charge in [0.05, 0.1) is 17.8 Å². The number of aryl methyl sites for hydroxylation is 1. The van der Waals surface area contributed by atoms with Crippen LogP contribution in [0, 0.1) is 9.39 Å². The number of rotatable bonds is 7. The van der Waals surface area contributed by atoms with Crippen LogP contribution in [-0.2, 0) is 30.6 Å². The van der Waals surface area contributed by atoms with Gasteiger partial charge in [-0.1, -0.05) is 6.07 Å². The van der Waals surface area contributed by atoms with E-state index in [4.69, 9.17) is 4.18 Å². The zero-order chi connectivity index (χ0) is 21.2. The van der Waals surface area contributed by atoms with E-state index in [0.717, 1.165) is 27.5 Å². The zero-order valence-electron chi connectivity index (χ0n) is 15.6. The van der Waals surface area contributed by atoms with Crippen LogP contribution in [0.4, 0.5) is 4.39 Å². The van der Waals surface area contributed by atoms with E-state index in [0.29, 0.717) is 18.4 Å². The molecule has 1 N–H and O–H groups in total. The van der Waals surface area contributed by atoms with E-state index in [1.54, 1.807) is 0 Å². The Morgan fingerprint density at radius 1 is 1.14 bits per heavy atom. The van der Waals surface area contributed by atoms with Crippen molar-refractivity contribution in [3.8, 4) is 0 Å². The van der Waals surface area contributed by atoms with Crippen LogP contribution in [0.25, 0.3) is 0 Å². The second-order valence-corrected chi connectivity index (χ2v) is 11.8. The Labute approximate surface area is 184 Å². The van der Waals surface area contributed by atoms with Crippen molar-refractivity contribution in [2.45, 2.75) is 29.0 Å². The molecular weight excluding hydrogens is 532 g/mol. The molecule has 0 saturated carbocycles. The smallest absolute Gasteiger partial charge is 0.264 e. The average Bonchev–Trinajstić information content (AvgIpc) is 2.64. The largest absolute Gasteiger partial charge is 0.310 e. The van der Waals surface area contributed by atoms with Gasteiger partial charge in [0.2, 0.25) is 0 Å². The lowest BCUT2D eigenvalue weighted by atomic mass is 9.88. The number of halogens is 2. The first kappa shape index (κ1) is 22.6. The summed E-state index contributed by atoms with van der Waals surface area (Å²) in [7, 11) is -7.37. The summed E-state index contributed by atoms with van der Waals surface area (Å²) in [5.41, 5.74) is 1.68. The fourth-order valence-electron chi connectivity index (χ4n) is 3.55. The molecule has 3 rings (SSSR count). The molecule has 2 aromatic rings. The molecule has 2 aromatic carbocycles. The van der Waals surface area contributed by atoms with Gasteiger partial charge in [-0.2, -0.15) is 8.42 Å². The van der Waals surface area contributed by atoms with Crippen LogP contribution in [-0.4, -0.2) is 42.3 Å². The molecule has 0 bridgehead atoms. The van der Waals surface area contributed by atoms with E-state index in [2.05, 4.69) is 27.9 Å². The van der Waals surface area contributed by atoms with E-state index < -0.39 is 37.1 Å². The van der Waals surface area contributed by atoms with E-state index >= 15 is 0 Å². The molecule has 0 aliphatic heterocycles. The molecule has 6 nitrogen and oxygen atoms in total. The van der Waals surface area contributed by atoms with E-state index in [1.165, 1.54) is 12.1 Å². The lowest BCUT2D eigenvalue weighted by Crippen LogP contribution is -2.43. The summed E-state index contributed by atoms with van der Waals surface area (Å²) in [4.78, 5) is 0.0504. The molecule has 2 atom stereocenters. The van der Waals surface area contributed by atoms with Gasteiger partial charge in [0.25, 0.3) is 10.1 Å². The van der Waals surface area contributed by atoms with Crippen molar-refractivity contribution < 1.29 is 25.4 Å². The van der Waals surface area contributed by atoms with Gasteiger partial charge in [-0.05, 0) is 83.0 Å². The number of hydrogen-bond acceptors (Lipinski definition) is 6. The fourth-order valence-corrected chi connectivity index (χ4v) is 6.53. The van der Waals surface area contributed by atoms with Gasteiger partial charge in [-0.15, -0.1) is 0 Å². The summed E-state index contributed by atoms with van der Waals surface area (Å²) in [6.07, 6.45) is 2.23. The van der Waals surface area contributed by atoms with E-state index in [9.17, 15) is 21.2 Å². The van der Waals surface area contributed by atoms with Crippen molar-refractivity contribution in [2.75, 3.05) is 19.4 Å². The number of benzene rings is 2. The summed E-state index contributed by atoms with van der Waals surface area (Å²) < 4.78 is 68.3. The van der Waals surface area contributed by atoms with Gasteiger partial charge in [0.1, 0.15) is 11.1 Å². The van der Waals surface area contributed by atoms with Crippen molar-refractivity contribution in [1.29, 1.82) is 0 Å². The van der Waals surface area contributed by atoms with Crippen molar-refractivity contribution in [2.24, 2.45) is 0 Å². The Hall–Kier alpha value is -1.08. The van der Waals surface area contributed by atoms with Crippen LogP contribution in [0.3, 0.4) is 0 Å². The minimum atomic E-state index is -3.81. The van der Waals surface area contributed by atoms with Gasteiger partial charge >= 0.3 is 0 Å². The molecule has 2 unspecified atom stereocenters. The van der Waals surface area contributed by atoms with Crippen LogP contribution in [0.5, 0.6) is 0 Å². The van der Waals surface area contributed by atoms with Gasteiger partial charge in [0.15, 0.2) is 9.84 Å². The highest BCUT2D eigenvalue weighted by Gasteiger charge is 2.39. The topological polar surface area (TPSA) is 89.5 Å². The monoisotopic (exact) mass is 553 g/mol. The predicted octanol–water partition coefficient (Wildman–Crippen LogP) is 2.83. The summed E-state index contributed by atoms with van der Waals surface area (Å²) >= 11 is 2.19. The maximum absolute atomic E-state index is 13.5. The molecule has 0 heterocycles. The molecule has 0 amide bonds. The maximum Gasteiger partial charge on any atom is 0.264 e. The summed E-state index contributed by atoms with van der Waals surface area (Å²) in [6, 6.07) is 10.0. The third-order valence-electron chi connectivity index (χ3n) is 4.78. The second-order valence-electron chi connectivity index (χ2n) is 6.89. The minimum Gasteiger partial charge on any atom is -0.310 e. The van der Waals surface area contributed by atoms with Crippen molar-refractivity contribution in [3.63, 3.8) is 0 Å². The van der Waals surface area contributed by atoms with Crippen LogP contribution in [0.1, 0.15) is 22.8 Å². The van der Waals surface area contributed by atoms with Crippen molar-refractivity contribution in [1.82, 2.24) is 5.32 Å². The summed E-state index contributed by atoms with van der Waals surface area (Å²) in [5, 5.41) is 2.27. The van der Waals surface area contributed by atoms with Gasteiger partial charge in [-0.25, -0.2) is 12.8 Å². The zero-order valence-corrected chi connectivity index (χ0v) is 19.4. The Bertz CT molecular complexity index is 1090. The fraction of sp³-hybridized carbons (Fsp3) is 0.368. The number of hydrogen-bond donors (Lipinski definition) is 1. The summed E-state index contributed by atoms with van der Waals surface area (Å²) in [6.45, 7) is 0.102. The summed E-state index contributed by atoms with van der Waals surface area (Å²) in [5.74, 6) is -0.504. The van der Waals surface area contributed by atoms with E-state index in [-0.39, 0.29) is 18.0 Å². The Morgan fingerprint density at radius 2 is 1.83 bits per heavy atom. The highest BCUT2D eigenvalue weighted by Crippen LogP contribution is 2.39. The normalized spacial score (nSPS) is 19.7. The Balaban J connectivity index is 1.93. The Kier molecular flexibility index (Phi) is 6.99. The standard InChI is InChI=1S/C19H21FINO5S2/c1-28(23,24)27-11-10-22-18-9-2-13-12-15(21)5-8-17(13)19(18)29(25,26)16-6-3-14(20)4-7-16/h3-8,12,18-19,22H,2,9-11H2,1H3. The minimum absolute atomic E-state index is 0.0504. The third-order valence-corrected chi connectivity index (χ3v) is 8.23. The SMILES string of the molecule is CS(=O)(=O)OCCNC1CCc2cc(I)ccc2C1S(=O)(=O)c1ccc(F)cc1. The first-order valence-electron chi connectivity index (χ1n) is 8.93. The Morgan fingerprint density at radius 3 is 2.48 bits per heavy atom. The predicted molar refractivity (Wildman–Crippen MR) is 116 cm³/mol. The number of nitrogens with one attached hydrogen (secondary N) is 1. The number of fused-ring (bicyclic) bond motifs is 1. The molecule has 0 fully saturated rings. The van der Waals surface area contributed by atoms with Crippen molar-refractivity contribution >= 4 is 42.5 Å². The molecule has 158 valence electrons. The van der Waals surface area contributed by atoms with Gasteiger partial charge in [0, 0.05) is 16.2 Å². The molecular formula is C19H21FINO5S2. The van der Waals surface area contributed by atoms with Gasteiger partial charge < -0.3 is 5.32 Å². The average molecular weight is 553 g/mol. The second kappa shape index (κ2) is 8.96. The molecule has 29 heavy (non-hydrogen) atoms. The molecule has 0 spiro atoms.